The van der Waals surface area contributed by atoms with Gasteiger partial charge in [-0.25, -0.2) is 0 Å². The Morgan fingerprint density at radius 1 is 1.35 bits per heavy atom. The zero-order valence-electron chi connectivity index (χ0n) is 12.1. The number of nitrogen functional groups attached to an aromatic ring is 1. The Bertz CT molecular complexity index is 488. The van der Waals surface area contributed by atoms with Gasteiger partial charge in [-0.15, -0.1) is 0 Å². The highest BCUT2D eigenvalue weighted by Crippen LogP contribution is 2.23. The van der Waals surface area contributed by atoms with E-state index in [1.165, 1.54) is 0 Å². The predicted molar refractivity (Wildman–Crippen MR) is 80.9 cm³/mol. The van der Waals surface area contributed by atoms with Crippen LogP contribution in [0.4, 0.5) is 11.4 Å². The molecule has 1 fully saturated rings. The molecule has 20 heavy (non-hydrogen) atoms. The number of nitrogens with zero attached hydrogens (tertiary/aromatic N) is 1. The molecule has 0 aliphatic heterocycles. The lowest BCUT2D eigenvalue weighted by Crippen LogP contribution is -2.45. The van der Waals surface area contributed by atoms with Gasteiger partial charge in [0, 0.05) is 19.7 Å². The Morgan fingerprint density at radius 2 is 2.05 bits per heavy atom. The van der Waals surface area contributed by atoms with Crippen molar-refractivity contribution in [2.75, 3.05) is 24.7 Å². The lowest BCUT2D eigenvalue weighted by atomic mass is 9.92. The Balaban J connectivity index is 2.07. The first-order valence-electron chi connectivity index (χ1n) is 7.05. The van der Waals surface area contributed by atoms with E-state index in [0.717, 1.165) is 31.4 Å². The van der Waals surface area contributed by atoms with E-state index in [9.17, 15) is 9.90 Å². The van der Waals surface area contributed by atoms with E-state index in [1.54, 1.807) is 12.1 Å². The van der Waals surface area contributed by atoms with Gasteiger partial charge in [0.2, 0.25) is 0 Å². The first kappa shape index (κ1) is 14.7. The number of carbonyl (C=O) groups is 1. The summed E-state index contributed by atoms with van der Waals surface area (Å²) < 4.78 is 0. The molecule has 5 nitrogen and oxygen atoms in total. The van der Waals surface area contributed by atoms with Crippen molar-refractivity contribution in [1.82, 2.24) is 5.32 Å². The van der Waals surface area contributed by atoms with Crippen LogP contribution in [0.25, 0.3) is 0 Å². The predicted octanol–water partition coefficient (Wildman–Crippen LogP) is 1.37. The number of carbonyl (C=O) groups excluding carboxylic acids is 1. The summed E-state index contributed by atoms with van der Waals surface area (Å²) >= 11 is 0. The van der Waals surface area contributed by atoms with Gasteiger partial charge in [0.15, 0.2) is 0 Å². The van der Waals surface area contributed by atoms with Crippen LogP contribution in [-0.2, 0) is 0 Å². The van der Waals surface area contributed by atoms with Crippen LogP contribution >= 0.6 is 0 Å². The molecule has 1 aromatic rings. The maximum atomic E-state index is 12.2. The third-order valence-corrected chi connectivity index (χ3v) is 3.82. The third-order valence-electron chi connectivity index (χ3n) is 3.82. The Hall–Kier alpha value is -1.75. The van der Waals surface area contributed by atoms with Crippen LogP contribution in [-0.4, -0.2) is 37.3 Å². The monoisotopic (exact) mass is 277 g/mol. The molecule has 0 aromatic heterocycles. The van der Waals surface area contributed by atoms with E-state index in [-0.39, 0.29) is 11.9 Å². The highest BCUT2D eigenvalue weighted by atomic mass is 16.3. The fourth-order valence-corrected chi connectivity index (χ4v) is 2.63. The first-order chi connectivity index (χ1) is 9.49. The molecule has 1 aliphatic rings. The zero-order chi connectivity index (χ0) is 14.7. The molecule has 2 atom stereocenters. The van der Waals surface area contributed by atoms with Gasteiger partial charge in [0.1, 0.15) is 0 Å². The van der Waals surface area contributed by atoms with Gasteiger partial charge >= 0.3 is 0 Å². The minimum absolute atomic E-state index is 0.147. The lowest BCUT2D eigenvalue weighted by Gasteiger charge is -2.28. The number of aliphatic hydroxyl groups excluding tert-OH is 1. The summed E-state index contributed by atoms with van der Waals surface area (Å²) in [5.41, 5.74) is 7.95. The van der Waals surface area contributed by atoms with Crippen LogP contribution in [0.15, 0.2) is 18.2 Å². The van der Waals surface area contributed by atoms with Crippen molar-refractivity contribution in [1.29, 1.82) is 0 Å². The summed E-state index contributed by atoms with van der Waals surface area (Å²) in [6.45, 7) is 0. The number of amides is 1. The zero-order valence-corrected chi connectivity index (χ0v) is 12.1. The summed E-state index contributed by atoms with van der Waals surface area (Å²) in [5, 5.41) is 12.8. The van der Waals surface area contributed by atoms with Gasteiger partial charge in [0.25, 0.3) is 5.91 Å². The van der Waals surface area contributed by atoms with Crippen molar-refractivity contribution in [2.45, 2.75) is 37.8 Å². The molecule has 1 aromatic carbocycles. The molecule has 1 saturated carbocycles. The SMILES string of the molecule is CN(C)c1ccc(C(=O)N[C@@H]2CCCC[C@H]2O)cc1N. The number of nitrogens with one attached hydrogen (secondary N) is 1. The molecule has 4 N–H and O–H groups in total. The highest BCUT2D eigenvalue weighted by molar-refractivity contribution is 5.96. The van der Waals surface area contributed by atoms with Gasteiger partial charge in [-0.2, -0.15) is 0 Å². The van der Waals surface area contributed by atoms with E-state index >= 15 is 0 Å². The Morgan fingerprint density at radius 3 is 2.65 bits per heavy atom. The second-order valence-electron chi connectivity index (χ2n) is 5.60. The van der Waals surface area contributed by atoms with Crippen molar-refractivity contribution in [2.24, 2.45) is 0 Å². The van der Waals surface area contributed by atoms with E-state index in [2.05, 4.69) is 5.32 Å². The quantitative estimate of drug-likeness (QED) is 0.729. The van der Waals surface area contributed by atoms with Crippen LogP contribution in [0.1, 0.15) is 36.0 Å². The molecule has 2 rings (SSSR count). The van der Waals surface area contributed by atoms with Crippen molar-refractivity contribution >= 4 is 17.3 Å². The van der Waals surface area contributed by atoms with Crippen molar-refractivity contribution in [3.8, 4) is 0 Å². The summed E-state index contributed by atoms with van der Waals surface area (Å²) in [6, 6.07) is 5.13. The van der Waals surface area contributed by atoms with Crippen molar-refractivity contribution in [3.05, 3.63) is 23.8 Å². The van der Waals surface area contributed by atoms with E-state index < -0.39 is 6.10 Å². The Labute approximate surface area is 119 Å². The van der Waals surface area contributed by atoms with Crippen LogP contribution < -0.4 is 16.0 Å². The maximum absolute atomic E-state index is 12.2. The lowest BCUT2D eigenvalue weighted by molar-refractivity contribution is 0.0717. The summed E-state index contributed by atoms with van der Waals surface area (Å²) in [5.74, 6) is -0.173. The molecule has 0 saturated heterocycles. The number of anilines is 2. The highest BCUT2D eigenvalue weighted by Gasteiger charge is 2.24. The van der Waals surface area contributed by atoms with Gasteiger partial charge in [0.05, 0.1) is 23.5 Å². The van der Waals surface area contributed by atoms with E-state index in [0.29, 0.717) is 11.3 Å². The number of nitrogens with two attached hydrogens (primary N) is 1. The Kier molecular flexibility index (Phi) is 4.49. The molecule has 0 unspecified atom stereocenters. The van der Waals surface area contributed by atoms with E-state index in [1.807, 2.05) is 25.1 Å². The number of aliphatic hydroxyl groups is 1. The molecule has 1 aliphatic carbocycles. The van der Waals surface area contributed by atoms with Crippen molar-refractivity contribution in [3.63, 3.8) is 0 Å². The van der Waals surface area contributed by atoms with Gasteiger partial charge in [-0.05, 0) is 31.0 Å². The molecule has 0 radical (unpaired) electrons. The topological polar surface area (TPSA) is 78.6 Å². The second-order valence-corrected chi connectivity index (χ2v) is 5.60. The summed E-state index contributed by atoms with van der Waals surface area (Å²) in [6.07, 6.45) is 3.22. The second kappa shape index (κ2) is 6.13. The smallest absolute Gasteiger partial charge is 0.251 e. The maximum Gasteiger partial charge on any atom is 0.251 e. The molecule has 0 bridgehead atoms. The van der Waals surface area contributed by atoms with Gasteiger partial charge in [-0.1, -0.05) is 12.8 Å². The van der Waals surface area contributed by atoms with Gasteiger partial charge in [-0.3, -0.25) is 4.79 Å². The summed E-state index contributed by atoms with van der Waals surface area (Å²) in [7, 11) is 3.81. The average Bonchev–Trinajstić information content (AvgIpc) is 2.40. The number of benzene rings is 1. The largest absolute Gasteiger partial charge is 0.397 e. The minimum atomic E-state index is -0.439. The minimum Gasteiger partial charge on any atom is -0.397 e. The molecular weight excluding hydrogens is 254 g/mol. The van der Waals surface area contributed by atoms with Crippen LogP contribution in [0.3, 0.4) is 0 Å². The number of hydrogen-bond donors (Lipinski definition) is 3. The number of hydrogen-bond acceptors (Lipinski definition) is 4. The average molecular weight is 277 g/mol. The first-order valence-corrected chi connectivity index (χ1v) is 7.05. The van der Waals surface area contributed by atoms with Crippen LogP contribution in [0.2, 0.25) is 0 Å². The third kappa shape index (κ3) is 3.22. The fourth-order valence-electron chi connectivity index (χ4n) is 2.63. The molecule has 5 heteroatoms. The molecule has 110 valence electrons. The molecule has 0 heterocycles. The normalized spacial score (nSPS) is 22.4. The molecule has 1 amide bonds. The van der Waals surface area contributed by atoms with Gasteiger partial charge < -0.3 is 21.1 Å². The molecular formula is C15H23N3O2. The van der Waals surface area contributed by atoms with Crippen LogP contribution in [0.5, 0.6) is 0 Å². The number of rotatable bonds is 3. The molecule has 0 spiro atoms. The van der Waals surface area contributed by atoms with Crippen molar-refractivity contribution < 1.29 is 9.90 Å². The van der Waals surface area contributed by atoms with E-state index in [4.69, 9.17) is 5.73 Å². The fraction of sp³-hybridized carbons (Fsp3) is 0.533. The standard InChI is InChI=1S/C15H23N3O2/c1-18(2)13-8-7-10(9-11(13)16)15(20)17-12-5-3-4-6-14(12)19/h7-9,12,14,19H,3-6,16H2,1-2H3,(H,17,20)/t12-,14-/m1/s1. The summed E-state index contributed by atoms with van der Waals surface area (Å²) in [4.78, 5) is 14.1. The van der Waals surface area contributed by atoms with Crippen LogP contribution in [0, 0.1) is 0 Å².